The summed E-state index contributed by atoms with van der Waals surface area (Å²) in [6, 6.07) is 17.8. The number of nitrogens with one attached hydrogen (secondary N) is 1. The van der Waals surface area contributed by atoms with Crippen molar-refractivity contribution < 1.29 is 18.7 Å². The van der Waals surface area contributed by atoms with E-state index in [0.29, 0.717) is 22.6 Å². The highest BCUT2D eigenvalue weighted by Crippen LogP contribution is 2.25. The molecule has 4 rings (SSSR count). The van der Waals surface area contributed by atoms with E-state index in [0.717, 1.165) is 22.4 Å². The number of benzene rings is 3. The van der Waals surface area contributed by atoms with Crippen LogP contribution in [0.3, 0.4) is 0 Å². The fourth-order valence-corrected chi connectivity index (χ4v) is 3.57. The van der Waals surface area contributed by atoms with E-state index in [1.165, 1.54) is 12.3 Å². The molecule has 1 N–H and O–H groups in total. The van der Waals surface area contributed by atoms with Gasteiger partial charge in [0.15, 0.2) is 0 Å². The van der Waals surface area contributed by atoms with Crippen molar-refractivity contribution in [2.45, 2.75) is 27.0 Å². The molecule has 0 aliphatic heterocycles. The van der Waals surface area contributed by atoms with Crippen molar-refractivity contribution in [2.75, 3.05) is 12.4 Å². The van der Waals surface area contributed by atoms with Crippen molar-refractivity contribution in [3.63, 3.8) is 0 Å². The number of hydrogen-bond donors (Lipinski definition) is 1. The monoisotopic (exact) mass is 459 g/mol. The summed E-state index contributed by atoms with van der Waals surface area (Å²) in [6.07, 6.45) is 3.20. The highest BCUT2D eigenvalue weighted by molar-refractivity contribution is 6.04. The smallest absolute Gasteiger partial charge is 0.255 e. The summed E-state index contributed by atoms with van der Waals surface area (Å²) < 4.78 is 26.9. The third-order valence-electron chi connectivity index (χ3n) is 5.45. The minimum absolute atomic E-state index is 0.259. The van der Waals surface area contributed by atoms with E-state index < -0.39 is 0 Å². The summed E-state index contributed by atoms with van der Waals surface area (Å²) in [5.74, 6) is 0.845. The van der Waals surface area contributed by atoms with Crippen molar-refractivity contribution in [3.8, 4) is 11.5 Å². The van der Waals surface area contributed by atoms with Crippen LogP contribution in [-0.2, 0) is 13.2 Å². The molecule has 0 unspecified atom stereocenters. The third kappa shape index (κ3) is 5.43. The fourth-order valence-electron chi connectivity index (χ4n) is 3.57. The van der Waals surface area contributed by atoms with E-state index in [9.17, 15) is 9.18 Å². The molecule has 0 spiro atoms. The largest absolute Gasteiger partial charge is 0.496 e. The highest BCUT2D eigenvalue weighted by Gasteiger charge is 2.13. The Morgan fingerprint density at radius 1 is 1.03 bits per heavy atom. The fraction of sp³-hybridized carbons (Fsp3) is 0.185. The molecule has 0 atom stereocenters. The van der Waals surface area contributed by atoms with Crippen molar-refractivity contribution in [3.05, 3.63) is 107 Å². The number of nitrogens with zero attached hydrogens (tertiary/aromatic N) is 2. The van der Waals surface area contributed by atoms with Gasteiger partial charge in [0, 0.05) is 22.9 Å². The average molecular weight is 460 g/mol. The molecule has 174 valence electrons. The average Bonchev–Trinajstić information content (AvgIpc) is 3.27. The summed E-state index contributed by atoms with van der Waals surface area (Å²) >= 11 is 0. The van der Waals surface area contributed by atoms with Gasteiger partial charge in [0.1, 0.15) is 23.9 Å². The summed E-state index contributed by atoms with van der Waals surface area (Å²) in [4.78, 5) is 12.9. The minimum Gasteiger partial charge on any atom is -0.496 e. The lowest BCUT2D eigenvalue weighted by Crippen LogP contribution is -2.12. The van der Waals surface area contributed by atoms with E-state index in [1.54, 1.807) is 54.4 Å². The van der Waals surface area contributed by atoms with E-state index in [4.69, 9.17) is 9.47 Å². The molecule has 0 bridgehead atoms. The van der Waals surface area contributed by atoms with Crippen LogP contribution >= 0.6 is 0 Å². The normalized spacial score (nSPS) is 10.7. The maximum atomic E-state index is 13.9. The number of hydrogen-bond acceptors (Lipinski definition) is 4. The van der Waals surface area contributed by atoms with Crippen LogP contribution in [0.2, 0.25) is 0 Å². The number of aromatic nitrogens is 2. The van der Waals surface area contributed by atoms with Crippen molar-refractivity contribution in [2.24, 2.45) is 0 Å². The summed E-state index contributed by atoms with van der Waals surface area (Å²) in [7, 11) is 1.58. The highest BCUT2D eigenvalue weighted by atomic mass is 19.1. The predicted molar refractivity (Wildman–Crippen MR) is 129 cm³/mol. The Hall–Kier alpha value is -4.13. The van der Waals surface area contributed by atoms with Crippen LogP contribution in [0.25, 0.3) is 0 Å². The van der Waals surface area contributed by atoms with Crippen LogP contribution in [0.1, 0.15) is 32.6 Å². The molecule has 0 radical (unpaired) electrons. The summed E-state index contributed by atoms with van der Waals surface area (Å²) in [5.41, 5.74) is 4.40. The number of anilines is 1. The van der Waals surface area contributed by atoms with Gasteiger partial charge < -0.3 is 14.8 Å². The first-order valence-corrected chi connectivity index (χ1v) is 10.9. The Morgan fingerprint density at radius 3 is 2.65 bits per heavy atom. The molecule has 4 aromatic rings. The molecule has 6 nitrogen and oxygen atoms in total. The lowest BCUT2D eigenvalue weighted by Gasteiger charge is -2.14. The predicted octanol–water partition coefficient (Wildman–Crippen LogP) is 5.53. The van der Waals surface area contributed by atoms with Gasteiger partial charge >= 0.3 is 0 Å². The number of carbonyl (C=O) groups is 1. The van der Waals surface area contributed by atoms with E-state index in [-0.39, 0.29) is 24.9 Å². The maximum absolute atomic E-state index is 13.9. The molecule has 0 saturated heterocycles. The zero-order valence-corrected chi connectivity index (χ0v) is 19.3. The third-order valence-corrected chi connectivity index (χ3v) is 5.45. The van der Waals surface area contributed by atoms with Gasteiger partial charge in [0.05, 0.1) is 25.5 Å². The number of carbonyl (C=O) groups excluding carboxylic acids is 1. The van der Waals surface area contributed by atoms with Gasteiger partial charge in [-0.3, -0.25) is 9.48 Å². The molecule has 1 aromatic heterocycles. The number of methoxy groups -OCH3 is 1. The van der Waals surface area contributed by atoms with Crippen LogP contribution in [-0.4, -0.2) is 22.8 Å². The second-order valence-electron chi connectivity index (χ2n) is 8.06. The number of ether oxygens (including phenoxy) is 2. The van der Waals surface area contributed by atoms with Gasteiger partial charge in [-0.2, -0.15) is 5.10 Å². The number of halogens is 1. The van der Waals surface area contributed by atoms with Gasteiger partial charge in [0.25, 0.3) is 5.91 Å². The van der Waals surface area contributed by atoms with Crippen molar-refractivity contribution >= 4 is 11.6 Å². The zero-order chi connectivity index (χ0) is 24.1. The maximum Gasteiger partial charge on any atom is 0.255 e. The minimum atomic E-state index is -0.294. The van der Waals surface area contributed by atoms with Gasteiger partial charge in [-0.15, -0.1) is 0 Å². The summed E-state index contributed by atoms with van der Waals surface area (Å²) in [6.45, 7) is 4.53. The Morgan fingerprint density at radius 2 is 1.85 bits per heavy atom. The van der Waals surface area contributed by atoms with E-state index in [2.05, 4.69) is 10.4 Å². The second kappa shape index (κ2) is 10.2. The molecule has 0 saturated carbocycles. The van der Waals surface area contributed by atoms with Crippen LogP contribution in [0, 0.1) is 19.7 Å². The molecule has 1 amide bonds. The Balaban J connectivity index is 1.46. The van der Waals surface area contributed by atoms with Gasteiger partial charge in [0.2, 0.25) is 0 Å². The first kappa shape index (κ1) is 23.0. The van der Waals surface area contributed by atoms with Crippen LogP contribution in [0.5, 0.6) is 11.5 Å². The van der Waals surface area contributed by atoms with E-state index >= 15 is 0 Å². The van der Waals surface area contributed by atoms with Gasteiger partial charge in [-0.1, -0.05) is 30.3 Å². The Labute approximate surface area is 198 Å². The van der Waals surface area contributed by atoms with Crippen LogP contribution in [0.4, 0.5) is 10.1 Å². The van der Waals surface area contributed by atoms with Crippen molar-refractivity contribution in [1.29, 1.82) is 0 Å². The number of rotatable bonds is 8. The zero-order valence-electron chi connectivity index (χ0n) is 19.3. The first-order chi connectivity index (χ1) is 16.4. The Kier molecular flexibility index (Phi) is 6.92. The second-order valence-corrected chi connectivity index (χ2v) is 8.06. The van der Waals surface area contributed by atoms with Crippen molar-refractivity contribution in [1.82, 2.24) is 9.78 Å². The first-order valence-electron chi connectivity index (χ1n) is 10.9. The number of aryl methyl sites for hydroxylation is 2. The molecule has 0 fully saturated rings. The SMILES string of the molecule is COc1ccc(C(=O)Nc2cnn(Cc3ccccc3F)c2)cc1COc1cc(C)ccc1C. The number of amides is 1. The van der Waals surface area contributed by atoms with E-state index in [1.807, 2.05) is 32.0 Å². The molecule has 7 heteroatoms. The lowest BCUT2D eigenvalue weighted by atomic mass is 10.1. The van der Waals surface area contributed by atoms with Crippen LogP contribution in [0.15, 0.2) is 73.1 Å². The van der Waals surface area contributed by atoms with Gasteiger partial charge in [-0.25, -0.2) is 4.39 Å². The molecule has 34 heavy (non-hydrogen) atoms. The molecule has 3 aromatic carbocycles. The molecule has 1 heterocycles. The Bertz CT molecular complexity index is 1320. The summed E-state index contributed by atoms with van der Waals surface area (Å²) in [5, 5.41) is 7.05. The lowest BCUT2D eigenvalue weighted by molar-refractivity contribution is 0.102. The van der Waals surface area contributed by atoms with Gasteiger partial charge in [-0.05, 0) is 55.3 Å². The quantitative estimate of drug-likeness (QED) is 0.376. The molecular formula is C27H26FN3O3. The standard InChI is InChI=1S/C27H26FN3O3/c1-18-8-9-19(2)26(12-18)34-17-22-13-20(10-11-25(22)33-3)27(32)30-23-14-29-31(16-23)15-21-6-4-5-7-24(21)28/h4-14,16H,15,17H2,1-3H3,(H,30,32). The van der Waals surface area contributed by atoms with Crippen LogP contribution < -0.4 is 14.8 Å². The molecule has 0 aliphatic carbocycles. The topological polar surface area (TPSA) is 65.4 Å². The molecular weight excluding hydrogens is 433 g/mol. The molecule has 0 aliphatic rings.